The Balaban J connectivity index is 2.15. The third-order valence-corrected chi connectivity index (χ3v) is 4.20. The molecule has 0 saturated heterocycles. The fourth-order valence-corrected chi connectivity index (χ4v) is 2.64. The van der Waals surface area contributed by atoms with Crippen LogP contribution in [0.5, 0.6) is 0 Å². The molecule has 9 nitrogen and oxygen atoms in total. The lowest BCUT2D eigenvalue weighted by atomic mass is 10.0. The Bertz CT molecular complexity index is 867. The Hall–Kier alpha value is -3.27. The van der Waals surface area contributed by atoms with Crippen molar-refractivity contribution in [2.75, 3.05) is 13.1 Å². The molecule has 0 aromatic heterocycles. The highest BCUT2D eigenvalue weighted by Crippen LogP contribution is 2.21. The molecule has 2 aromatic carbocycles. The quantitative estimate of drug-likeness (QED) is 0.271. The third-order valence-electron chi connectivity index (χ3n) is 4.20. The van der Waals surface area contributed by atoms with Gasteiger partial charge in [0.2, 0.25) is 0 Å². The SMILES string of the molecule is C[C@@H](O)[C@H](NC(=O)c1ccc(-c2cccc(C(=O)NCCN)c2)cc1)C(=O)NO. The summed E-state index contributed by atoms with van der Waals surface area (Å²) in [5.74, 6) is -1.73. The van der Waals surface area contributed by atoms with Gasteiger partial charge in [0.1, 0.15) is 6.04 Å². The predicted octanol–water partition coefficient (Wildman–Crippen LogP) is 0.0267. The van der Waals surface area contributed by atoms with E-state index in [-0.39, 0.29) is 11.5 Å². The Labute approximate surface area is 167 Å². The average molecular weight is 400 g/mol. The van der Waals surface area contributed by atoms with Gasteiger partial charge in [0.05, 0.1) is 6.10 Å². The molecule has 0 aliphatic rings. The molecule has 2 aromatic rings. The summed E-state index contributed by atoms with van der Waals surface area (Å²) in [5, 5.41) is 23.4. The fourth-order valence-electron chi connectivity index (χ4n) is 2.64. The second-order valence-corrected chi connectivity index (χ2v) is 6.37. The van der Waals surface area contributed by atoms with Crippen molar-refractivity contribution in [2.24, 2.45) is 5.73 Å². The molecule has 0 heterocycles. The molecule has 9 heteroatoms. The molecule has 0 aliphatic carbocycles. The lowest BCUT2D eigenvalue weighted by Crippen LogP contribution is -2.51. The summed E-state index contributed by atoms with van der Waals surface area (Å²) >= 11 is 0. The standard InChI is InChI=1S/C20H24N4O5/c1-12(25)17(20(28)24-29)23-19(27)14-7-5-13(6-8-14)15-3-2-4-16(11-15)18(26)22-10-9-21/h2-8,11-12,17,25,29H,9-10,21H2,1H3,(H,22,26)(H,23,27)(H,24,28)/t12-,17+/m1/s1. The van der Waals surface area contributed by atoms with E-state index in [1.165, 1.54) is 12.4 Å². The zero-order valence-corrected chi connectivity index (χ0v) is 15.9. The van der Waals surface area contributed by atoms with Crippen molar-refractivity contribution in [3.8, 4) is 11.1 Å². The molecular weight excluding hydrogens is 376 g/mol. The summed E-state index contributed by atoms with van der Waals surface area (Å²) in [6.07, 6.45) is -1.20. The van der Waals surface area contributed by atoms with Gasteiger partial charge in [0.25, 0.3) is 17.7 Å². The maximum absolute atomic E-state index is 12.3. The summed E-state index contributed by atoms with van der Waals surface area (Å²) in [7, 11) is 0. The zero-order chi connectivity index (χ0) is 21.4. The first-order valence-electron chi connectivity index (χ1n) is 8.99. The predicted molar refractivity (Wildman–Crippen MR) is 106 cm³/mol. The highest BCUT2D eigenvalue weighted by Gasteiger charge is 2.25. The highest BCUT2D eigenvalue weighted by molar-refractivity contribution is 5.98. The lowest BCUT2D eigenvalue weighted by Gasteiger charge is -2.19. The number of rotatable bonds is 8. The highest BCUT2D eigenvalue weighted by atomic mass is 16.5. The van der Waals surface area contributed by atoms with Gasteiger partial charge >= 0.3 is 0 Å². The lowest BCUT2D eigenvalue weighted by molar-refractivity contribution is -0.133. The van der Waals surface area contributed by atoms with Crippen LogP contribution in [0.15, 0.2) is 48.5 Å². The third kappa shape index (κ3) is 5.85. The first kappa shape index (κ1) is 22.0. The Kier molecular flexibility index (Phi) is 7.84. The molecule has 154 valence electrons. The molecule has 0 spiro atoms. The summed E-state index contributed by atoms with van der Waals surface area (Å²) in [4.78, 5) is 35.9. The van der Waals surface area contributed by atoms with Crippen LogP contribution < -0.4 is 21.8 Å². The number of carbonyl (C=O) groups is 3. The van der Waals surface area contributed by atoms with Crippen molar-refractivity contribution >= 4 is 17.7 Å². The minimum absolute atomic E-state index is 0.223. The van der Waals surface area contributed by atoms with Gasteiger partial charge in [-0.05, 0) is 42.3 Å². The van der Waals surface area contributed by atoms with Gasteiger partial charge in [-0.2, -0.15) is 0 Å². The van der Waals surface area contributed by atoms with E-state index in [2.05, 4.69) is 10.6 Å². The van der Waals surface area contributed by atoms with Crippen molar-refractivity contribution in [1.82, 2.24) is 16.1 Å². The number of nitrogens with one attached hydrogen (secondary N) is 3. The molecule has 0 fully saturated rings. The Morgan fingerprint density at radius 1 is 1.00 bits per heavy atom. The summed E-state index contributed by atoms with van der Waals surface area (Å²) in [6, 6.07) is 12.2. The van der Waals surface area contributed by atoms with Crippen LogP contribution in [-0.4, -0.2) is 53.3 Å². The number of aliphatic hydroxyl groups is 1. The van der Waals surface area contributed by atoms with Crippen LogP contribution in [0.1, 0.15) is 27.6 Å². The number of hydrogen-bond donors (Lipinski definition) is 6. The van der Waals surface area contributed by atoms with E-state index in [4.69, 9.17) is 10.9 Å². The van der Waals surface area contributed by atoms with E-state index in [0.29, 0.717) is 18.7 Å². The van der Waals surface area contributed by atoms with Gasteiger partial charge in [0.15, 0.2) is 0 Å². The molecular formula is C20H24N4O5. The van der Waals surface area contributed by atoms with E-state index >= 15 is 0 Å². The maximum Gasteiger partial charge on any atom is 0.268 e. The number of benzene rings is 2. The molecule has 2 rings (SSSR count). The van der Waals surface area contributed by atoms with Crippen LogP contribution in [0.25, 0.3) is 11.1 Å². The first-order valence-corrected chi connectivity index (χ1v) is 8.99. The largest absolute Gasteiger partial charge is 0.391 e. The second-order valence-electron chi connectivity index (χ2n) is 6.37. The molecule has 0 radical (unpaired) electrons. The molecule has 7 N–H and O–H groups in total. The van der Waals surface area contributed by atoms with Gasteiger partial charge < -0.3 is 21.5 Å². The minimum Gasteiger partial charge on any atom is -0.391 e. The number of aliphatic hydroxyl groups excluding tert-OH is 1. The van der Waals surface area contributed by atoms with Crippen LogP contribution in [0.4, 0.5) is 0 Å². The van der Waals surface area contributed by atoms with E-state index in [1.54, 1.807) is 42.5 Å². The number of hydroxylamine groups is 1. The molecule has 0 saturated carbocycles. The van der Waals surface area contributed by atoms with Crippen LogP contribution in [0.3, 0.4) is 0 Å². The van der Waals surface area contributed by atoms with Crippen molar-refractivity contribution in [3.63, 3.8) is 0 Å². The van der Waals surface area contributed by atoms with Crippen LogP contribution >= 0.6 is 0 Å². The average Bonchev–Trinajstić information content (AvgIpc) is 2.75. The van der Waals surface area contributed by atoms with Gasteiger partial charge in [-0.3, -0.25) is 19.6 Å². The topological polar surface area (TPSA) is 154 Å². The molecule has 0 bridgehead atoms. The van der Waals surface area contributed by atoms with Gasteiger partial charge in [-0.15, -0.1) is 0 Å². The molecule has 29 heavy (non-hydrogen) atoms. The first-order chi connectivity index (χ1) is 13.9. The van der Waals surface area contributed by atoms with Gasteiger partial charge in [0, 0.05) is 24.2 Å². The van der Waals surface area contributed by atoms with Crippen molar-refractivity contribution in [3.05, 3.63) is 59.7 Å². The Morgan fingerprint density at radius 3 is 2.28 bits per heavy atom. The van der Waals surface area contributed by atoms with E-state index in [1.807, 2.05) is 6.07 Å². The molecule has 0 aliphatic heterocycles. The van der Waals surface area contributed by atoms with Crippen molar-refractivity contribution < 1.29 is 24.7 Å². The van der Waals surface area contributed by atoms with Gasteiger partial charge in [-0.25, -0.2) is 5.48 Å². The monoisotopic (exact) mass is 400 g/mol. The zero-order valence-electron chi connectivity index (χ0n) is 15.9. The number of amides is 3. The molecule has 3 amide bonds. The van der Waals surface area contributed by atoms with Gasteiger partial charge in [-0.1, -0.05) is 24.3 Å². The van der Waals surface area contributed by atoms with Crippen LogP contribution in [-0.2, 0) is 4.79 Å². The van der Waals surface area contributed by atoms with Crippen molar-refractivity contribution in [2.45, 2.75) is 19.1 Å². The minimum atomic E-state index is -1.30. The Morgan fingerprint density at radius 2 is 1.69 bits per heavy atom. The maximum atomic E-state index is 12.3. The number of hydrogen-bond acceptors (Lipinski definition) is 6. The molecule has 0 unspecified atom stereocenters. The van der Waals surface area contributed by atoms with E-state index in [0.717, 1.165) is 11.1 Å². The second kappa shape index (κ2) is 10.3. The van der Waals surface area contributed by atoms with E-state index in [9.17, 15) is 19.5 Å². The normalized spacial score (nSPS) is 12.6. The number of nitrogens with two attached hydrogens (primary N) is 1. The summed E-state index contributed by atoms with van der Waals surface area (Å²) in [6.45, 7) is 2.05. The van der Waals surface area contributed by atoms with Crippen LogP contribution in [0.2, 0.25) is 0 Å². The van der Waals surface area contributed by atoms with Crippen LogP contribution in [0, 0.1) is 0 Å². The number of carbonyl (C=O) groups excluding carboxylic acids is 3. The summed E-state index contributed by atoms with van der Waals surface area (Å²) in [5.41, 5.74) is 9.13. The summed E-state index contributed by atoms with van der Waals surface area (Å²) < 4.78 is 0. The molecule has 2 atom stereocenters. The van der Waals surface area contributed by atoms with E-state index < -0.39 is 24.0 Å². The fraction of sp³-hybridized carbons (Fsp3) is 0.250. The van der Waals surface area contributed by atoms with Crippen molar-refractivity contribution in [1.29, 1.82) is 0 Å². The smallest absolute Gasteiger partial charge is 0.268 e.